The molecule has 0 aliphatic rings. The zero-order valence-electron chi connectivity index (χ0n) is 11.3. The molecule has 0 atom stereocenters. The Hall–Kier alpha value is -2.13. The molecular formula is C16H14ClN3. The minimum absolute atomic E-state index is 0.423. The fraction of sp³-hybridized carbons (Fsp3) is 0.125. The SMILES string of the molecule is Cc1cccc(Nc2nnc(Cl)c3ccccc23)c1C. The number of hydrogen-bond acceptors (Lipinski definition) is 3. The van der Waals surface area contributed by atoms with Gasteiger partial charge in [0.15, 0.2) is 11.0 Å². The average molecular weight is 284 g/mol. The molecule has 0 bridgehead atoms. The largest absolute Gasteiger partial charge is 0.338 e. The van der Waals surface area contributed by atoms with Crippen molar-refractivity contribution in [1.29, 1.82) is 0 Å². The third-order valence-corrected chi connectivity index (χ3v) is 3.78. The minimum Gasteiger partial charge on any atom is -0.338 e. The van der Waals surface area contributed by atoms with Crippen LogP contribution in [0.5, 0.6) is 0 Å². The van der Waals surface area contributed by atoms with Crippen molar-refractivity contribution in [2.75, 3.05) is 5.32 Å². The molecule has 0 saturated heterocycles. The Morgan fingerprint density at radius 3 is 2.45 bits per heavy atom. The molecule has 100 valence electrons. The van der Waals surface area contributed by atoms with E-state index < -0.39 is 0 Å². The van der Waals surface area contributed by atoms with Crippen LogP contribution in [-0.4, -0.2) is 10.2 Å². The third-order valence-electron chi connectivity index (χ3n) is 3.50. The molecule has 0 unspecified atom stereocenters. The summed E-state index contributed by atoms with van der Waals surface area (Å²) in [6.45, 7) is 4.18. The van der Waals surface area contributed by atoms with Gasteiger partial charge in [-0.15, -0.1) is 10.2 Å². The van der Waals surface area contributed by atoms with Crippen molar-refractivity contribution in [2.45, 2.75) is 13.8 Å². The number of aromatic nitrogens is 2. The second kappa shape index (κ2) is 5.10. The van der Waals surface area contributed by atoms with Gasteiger partial charge in [0.2, 0.25) is 0 Å². The lowest BCUT2D eigenvalue weighted by Gasteiger charge is -2.12. The van der Waals surface area contributed by atoms with E-state index >= 15 is 0 Å². The van der Waals surface area contributed by atoms with Crippen LogP contribution < -0.4 is 5.32 Å². The summed E-state index contributed by atoms with van der Waals surface area (Å²) in [6, 6.07) is 14.0. The number of benzene rings is 2. The lowest BCUT2D eigenvalue weighted by molar-refractivity contribution is 1.05. The van der Waals surface area contributed by atoms with Gasteiger partial charge in [-0.25, -0.2) is 0 Å². The Bertz CT molecular complexity index is 784. The molecule has 1 aromatic heterocycles. The zero-order chi connectivity index (χ0) is 14.1. The maximum Gasteiger partial charge on any atom is 0.161 e. The van der Waals surface area contributed by atoms with E-state index in [0.29, 0.717) is 5.15 Å². The standard InChI is InChI=1S/C16H14ClN3/c1-10-6-5-9-14(11(10)2)18-16-13-8-4-3-7-12(13)15(17)19-20-16/h3-9H,1-2H3,(H,18,20). The summed E-state index contributed by atoms with van der Waals surface area (Å²) in [5.74, 6) is 0.721. The van der Waals surface area contributed by atoms with Crippen LogP contribution in [0.1, 0.15) is 11.1 Å². The first-order valence-corrected chi connectivity index (χ1v) is 6.79. The van der Waals surface area contributed by atoms with Crippen LogP contribution in [0.3, 0.4) is 0 Å². The molecule has 0 spiro atoms. The molecule has 2 aromatic carbocycles. The molecule has 0 aliphatic carbocycles. The number of nitrogens with zero attached hydrogens (tertiary/aromatic N) is 2. The van der Waals surface area contributed by atoms with Crippen molar-refractivity contribution in [1.82, 2.24) is 10.2 Å². The van der Waals surface area contributed by atoms with E-state index in [2.05, 4.69) is 35.4 Å². The molecule has 4 heteroatoms. The van der Waals surface area contributed by atoms with Gasteiger partial charge >= 0.3 is 0 Å². The summed E-state index contributed by atoms with van der Waals surface area (Å²) < 4.78 is 0. The van der Waals surface area contributed by atoms with Gasteiger partial charge in [-0.3, -0.25) is 0 Å². The van der Waals surface area contributed by atoms with Gasteiger partial charge in [0, 0.05) is 16.5 Å². The zero-order valence-corrected chi connectivity index (χ0v) is 12.1. The van der Waals surface area contributed by atoms with Crippen LogP contribution >= 0.6 is 11.6 Å². The molecule has 0 saturated carbocycles. The molecular weight excluding hydrogens is 270 g/mol. The van der Waals surface area contributed by atoms with Crippen molar-refractivity contribution in [3.8, 4) is 0 Å². The lowest BCUT2D eigenvalue weighted by atomic mass is 10.1. The molecule has 0 amide bonds. The van der Waals surface area contributed by atoms with E-state index in [0.717, 1.165) is 22.3 Å². The highest BCUT2D eigenvalue weighted by Gasteiger charge is 2.09. The van der Waals surface area contributed by atoms with Gasteiger partial charge < -0.3 is 5.32 Å². The Kier molecular flexibility index (Phi) is 3.28. The summed E-state index contributed by atoms with van der Waals surface area (Å²) in [5.41, 5.74) is 3.47. The van der Waals surface area contributed by atoms with Crippen LogP contribution in [-0.2, 0) is 0 Å². The van der Waals surface area contributed by atoms with Crippen LogP contribution in [0.25, 0.3) is 10.8 Å². The van der Waals surface area contributed by atoms with Crippen molar-refractivity contribution in [3.63, 3.8) is 0 Å². The Morgan fingerprint density at radius 1 is 0.900 bits per heavy atom. The van der Waals surface area contributed by atoms with Crippen molar-refractivity contribution in [2.24, 2.45) is 0 Å². The van der Waals surface area contributed by atoms with Crippen molar-refractivity contribution >= 4 is 33.9 Å². The van der Waals surface area contributed by atoms with Crippen molar-refractivity contribution in [3.05, 3.63) is 58.7 Å². The van der Waals surface area contributed by atoms with Crippen molar-refractivity contribution < 1.29 is 0 Å². The van der Waals surface area contributed by atoms with Crippen LogP contribution in [0.15, 0.2) is 42.5 Å². The monoisotopic (exact) mass is 283 g/mol. The minimum atomic E-state index is 0.423. The highest BCUT2D eigenvalue weighted by Crippen LogP contribution is 2.29. The van der Waals surface area contributed by atoms with Crippen LogP contribution in [0.2, 0.25) is 5.15 Å². The van der Waals surface area contributed by atoms with E-state index in [9.17, 15) is 0 Å². The maximum absolute atomic E-state index is 6.09. The van der Waals surface area contributed by atoms with E-state index in [1.807, 2.05) is 36.4 Å². The highest BCUT2D eigenvalue weighted by molar-refractivity contribution is 6.34. The smallest absolute Gasteiger partial charge is 0.161 e. The predicted octanol–water partition coefficient (Wildman–Crippen LogP) is 4.64. The molecule has 1 N–H and O–H groups in total. The Morgan fingerprint density at radius 2 is 1.65 bits per heavy atom. The number of fused-ring (bicyclic) bond motifs is 1. The molecule has 3 rings (SSSR count). The number of halogens is 1. The Balaban J connectivity index is 2.12. The number of aryl methyl sites for hydroxylation is 1. The number of rotatable bonds is 2. The van der Waals surface area contributed by atoms with Gasteiger partial charge in [0.25, 0.3) is 0 Å². The van der Waals surface area contributed by atoms with Crippen LogP contribution in [0, 0.1) is 13.8 Å². The molecule has 0 radical (unpaired) electrons. The number of hydrogen-bond donors (Lipinski definition) is 1. The summed E-state index contributed by atoms with van der Waals surface area (Å²) in [4.78, 5) is 0. The summed E-state index contributed by atoms with van der Waals surface area (Å²) in [5, 5.41) is 13.8. The van der Waals surface area contributed by atoms with E-state index in [4.69, 9.17) is 11.6 Å². The average Bonchev–Trinajstić information content (AvgIpc) is 2.47. The maximum atomic E-state index is 6.09. The third kappa shape index (κ3) is 2.21. The van der Waals surface area contributed by atoms with E-state index in [1.54, 1.807) is 0 Å². The molecule has 0 fully saturated rings. The molecule has 1 heterocycles. The van der Waals surface area contributed by atoms with Gasteiger partial charge in [-0.2, -0.15) is 0 Å². The summed E-state index contributed by atoms with van der Waals surface area (Å²) in [7, 11) is 0. The summed E-state index contributed by atoms with van der Waals surface area (Å²) >= 11 is 6.09. The number of nitrogens with one attached hydrogen (secondary N) is 1. The van der Waals surface area contributed by atoms with E-state index in [-0.39, 0.29) is 0 Å². The molecule has 3 nitrogen and oxygen atoms in total. The predicted molar refractivity (Wildman–Crippen MR) is 83.7 cm³/mol. The first kappa shape index (κ1) is 12.9. The summed E-state index contributed by atoms with van der Waals surface area (Å²) in [6.07, 6.45) is 0. The second-order valence-corrected chi connectivity index (χ2v) is 5.12. The van der Waals surface area contributed by atoms with Crippen LogP contribution in [0.4, 0.5) is 11.5 Å². The van der Waals surface area contributed by atoms with Gasteiger partial charge in [0.05, 0.1) is 0 Å². The first-order chi connectivity index (χ1) is 9.66. The normalized spacial score (nSPS) is 10.8. The highest BCUT2D eigenvalue weighted by atomic mass is 35.5. The van der Waals surface area contributed by atoms with Gasteiger partial charge in [-0.1, -0.05) is 48.0 Å². The topological polar surface area (TPSA) is 37.8 Å². The second-order valence-electron chi connectivity index (χ2n) is 4.76. The fourth-order valence-corrected chi connectivity index (χ4v) is 2.38. The Labute approximate surface area is 122 Å². The number of anilines is 2. The fourth-order valence-electron chi connectivity index (χ4n) is 2.18. The van der Waals surface area contributed by atoms with E-state index in [1.165, 1.54) is 11.1 Å². The quantitative estimate of drug-likeness (QED) is 0.744. The molecule has 0 aliphatic heterocycles. The van der Waals surface area contributed by atoms with Gasteiger partial charge in [0.1, 0.15) is 0 Å². The first-order valence-electron chi connectivity index (χ1n) is 6.41. The molecule has 20 heavy (non-hydrogen) atoms. The lowest BCUT2D eigenvalue weighted by Crippen LogP contribution is -1.99. The molecule has 3 aromatic rings. The van der Waals surface area contributed by atoms with Gasteiger partial charge in [-0.05, 0) is 31.0 Å².